The molecular formula is C23H24N4O5. The van der Waals surface area contributed by atoms with Gasteiger partial charge < -0.3 is 20.1 Å². The lowest BCUT2D eigenvalue weighted by molar-refractivity contribution is -0.122. The molecule has 9 nitrogen and oxygen atoms in total. The second kappa shape index (κ2) is 8.41. The largest absolute Gasteiger partial charge is 0.483 e. The number of nitrogens with zero attached hydrogens (tertiary/aromatic N) is 3. The predicted molar refractivity (Wildman–Crippen MR) is 118 cm³/mol. The minimum absolute atomic E-state index is 0.0292. The smallest absolute Gasteiger partial charge is 0.336 e. The molecule has 1 aromatic carbocycles. The number of hydrogen-bond acceptors (Lipinski definition) is 6. The van der Waals surface area contributed by atoms with Gasteiger partial charge in [-0.3, -0.25) is 9.59 Å². The highest BCUT2D eigenvalue weighted by atomic mass is 16.4. The number of carboxylic acid groups (broad SMARTS) is 2. The monoisotopic (exact) mass is 436 g/mol. The summed E-state index contributed by atoms with van der Waals surface area (Å²) in [5.41, 5.74) is 2.46. The van der Waals surface area contributed by atoms with Gasteiger partial charge in [0.2, 0.25) is 0 Å². The number of para-hydroxylation sites is 1. The van der Waals surface area contributed by atoms with Gasteiger partial charge in [0.05, 0.1) is 16.8 Å². The highest BCUT2D eigenvalue weighted by Crippen LogP contribution is 2.43. The van der Waals surface area contributed by atoms with E-state index >= 15 is 0 Å². The van der Waals surface area contributed by atoms with E-state index in [0.29, 0.717) is 29.1 Å². The Hall–Kier alpha value is -3.75. The fourth-order valence-electron chi connectivity index (χ4n) is 4.99. The van der Waals surface area contributed by atoms with Gasteiger partial charge in [0, 0.05) is 29.5 Å². The van der Waals surface area contributed by atoms with Gasteiger partial charge >= 0.3 is 5.97 Å². The zero-order valence-corrected chi connectivity index (χ0v) is 17.7. The van der Waals surface area contributed by atoms with Crippen LogP contribution in [0, 0.1) is 6.92 Å². The molecule has 0 amide bonds. The van der Waals surface area contributed by atoms with E-state index in [9.17, 15) is 14.7 Å². The molecule has 9 heteroatoms. The number of rotatable bonds is 2. The first-order chi connectivity index (χ1) is 15.4. The molecule has 3 aromatic rings. The lowest BCUT2D eigenvalue weighted by Gasteiger charge is -2.41. The summed E-state index contributed by atoms with van der Waals surface area (Å²) in [6, 6.07) is 9.01. The van der Waals surface area contributed by atoms with Crippen molar-refractivity contribution >= 4 is 29.2 Å². The van der Waals surface area contributed by atoms with Gasteiger partial charge in [-0.05, 0) is 44.7 Å². The number of aromatic nitrogens is 3. The number of pyridine rings is 1. The Morgan fingerprint density at radius 2 is 2.00 bits per heavy atom. The molecule has 166 valence electrons. The summed E-state index contributed by atoms with van der Waals surface area (Å²) in [5.74, 6) is 0.367. The van der Waals surface area contributed by atoms with Gasteiger partial charge in [0.1, 0.15) is 11.6 Å². The van der Waals surface area contributed by atoms with Crippen molar-refractivity contribution in [3.05, 3.63) is 63.3 Å². The van der Waals surface area contributed by atoms with Gasteiger partial charge in [-0.25, -0.2) is 14.8 Å². The van der Waals surface area contributed by atoms with Crippen LogP contribution in [0.2, 0.25) is 0 Å². The third kappa shape index (κ3) is 3.70. The van der Waals surface area contributed by atoms with Crippen LogP contribution in [0.1, 0.15) is 46.7 Å². The molecule has 5 rings (SSSR count). The first-order valence-corrected chi connectivity index (χ1v) is 10.4. The minimum Gasteiger partial charge on any atom is -0.483 e. The second-order valence-corrected chi connectivity index (χ2v) is 8.24. The van der Waals surface area contributed by atoms with Crippen LogP contribution in [0.25, 0.3) is 10.9 Å². The maximum atomic E-state index is 12.4. The zero-order valence-electron chi connectivity index (χ0n) is 17.7. The molecule has 1 spiro atoms. The van der Waals surface area contributed by atoms with Gasteiger partial charge in [0.25, 0.3) is 12.0 Å². The van der Waals surface area contributed by atoms with Crippen LogP contribution in [-0.2, 0) is 16.6 Å². The fourth-order valence-corrected chi connectivity index (χ4v) is 4.99. The molecular weight excluding hydrogens is 412 g/mol. The predicted octanol–water partition coefficient (Wildman–Crippen LogP) is 2.51. The van der Waals surface area contributed by atoms with E-state index in [4.69, 9.17) is 19.9 Å². The Bertz CT molecular complexity index is 1250. The number of nitrogens with one attached hydrogen (secondary N) is 1. The molecule has 1 aliphatic heterocycles. The van der Waals surface area contributed by atoms with Gasteiger partial charge in [-0.15, -0.1) is 0 Å². The highest BCUT2D eigenvalue weighted by Gasteiger charge is 2.45. The number of aromatic amines is 1. The Morgan fingerprint density at radius 3 is 2.75 bits per heavy atom. The van der Waals surface area contributed by atoms with E-state index < -0.39 is 5.97 Å². The highest BCUT2D eigenvalue weighted by molar-refractivity contribution is 6.03. The standard InChI is InChI=1S/C22H22N4O3.CH2O2/c1-13-23-19-15(20(27)24-13)7-9-22(19)8-4-10-26(12-22)18-11-16(21(28)29)14-5-2-3-6-17(14)25-18;2-1-3/h2-3,5-6,11H,4,7-10,12H2,1H3,(H,28,29)(H,23,24,27);1H,(H,2,3). The molecule has 1 saturated heterocycles. The Kier molecular flexibility index (Phi) is 5.65. The first kappa shape index (κ1) is 21.5. The summed E-state index contributed by atoms with van der Waals surface area (Å²) < 4.78 is 0. The number of benzene rings is 1. The summed E-state index contributed by atoms with van der Waals surface area (Å²) in [5, 5.41) is 17.2. The van der Waals surface area contributed by atoms with Crippen molar-refractivity contribution < 1.29 is 19.8 Å². The summed E-state index contributed by atoms with van der Waals surface area (Å²) >= 11 is 0. The topological polar surface area (TPSA) is 136 Å². The molecule has 1 fully saturated rings. The van der Waals surface area contributed by atoms with Gasteiger partial charge in [-0.2, -0.15) is 0 Å². The molecule has 1 unspecified atom stereocenters. The maximum absolute atomic E-state index is 12.4. The molecule has 1 atom stereocenters. The van der Waals surface area contributed by atoms with Crippen molar-refractivity contribution in [2.24, 2.45) is 0 Å². The molecule has 0 bridgehead atoms. The molecule has 0 radical (unpaired) electrons. The minimum atomic E-state index is -0.952. The second-order valence-electron chi connectivity index (χ2n) is 8.24. The molecule has 2 aliphatic rings. The van der Waals surface area contributed by atoms with Crippen molar-refractivity contribution in [2.75, 3.05) is 18.0 Å². The van der Waals surface area contributed by atoms with E-state index in [2.05, 4.69) is 9.88 Å². The molecule has 32 heavy (non-hydrogen) atoms. The Morgan fingerprint density at radius 1 is 1.25 bits per heavy atom. The molecule has 2 aromatic heterocycles. The molecule has 3 heterocycles. The zero-order chi connectivity index (χ0) is 22.9. The number of H-pyrrole nitrogens is 1. The van der Waals surface area contributed by atoms with Crippen LogP contribution in [-0.4, -0.2) is 50.7 Å². The Balaban J connectivity index is 0.000000775. The van der Waals surface area contributed by atoms with Crippen LogP contribution in [0.3, 0.4) is 0 Å². The van der Waals surface area contributed by atoms with E-state index in [0.717, 1.165) is 43.5 Å². The number of fused-ring (bicyclic) bond motifs is 3. The third-order valence-corrected chi connectivity index (χ3v) is 6.32. The van der Waals surface area contributed by atoms with Gasteiger partial charge in [0.15, 0.2) is 0 Å². The van der Waals surface area contributed by atoms with Crippen molar-refractivity contribution in [1.29, 1.82) is 0 Å². The maximum Gasteiger partial charge on any atom is 0.336 e. The number of carbonyl (C=O) groups is 2. The van der Waals surface area contributed by atoms with Crippen molar-refractivity contribution in [2.45, 2.75) is 38.0 Å². The number of aryl methyl sites for hydroxylation is 1. The molecule has 3 N–H and O–H groups in total. The van der Waals surface area contributed by atoms with Crippen molar-refractivity contribution in [3.8, 4) is 0 Å². The van der Waals surface area contributed by atoms with E-state index in [-0.39, 0.29) is 23.0 Å². The normalized spacial score (nSPS) is 19.3. The van der Waals surface area contributed by atoms with Crippen LogP contribution in [0.15, 0.2) is 35.1 Å². The number of carboxylic acids is 1. The average Bonchev–Trinajstić information content (AvgIpc) is 3.11. The lowest BCUT2D eigenvalue weighted by atomic mass is 9.77. The van der Waals surface area contributed by atoms with Crippen molar-refractivity contribution in [3.63, 3.8) is 0 Å². The van der Waals surface area contributed by atoms with Crippen LogP contribution in [0.5, 0.6) is 0 Å². The van der Waals surface area contributed by atoms with E-state index in [1.54, 1.807) is 12.1 Å². The van der Waals surface area contributed by atoms with Crippen molar-refractivity contribution in [1.82, 2.24) is 15.0 Å². The van der Waals surface area contributed by atoms with Crippen LogP contribution in [0.4, 0.5) is 5.82 Å². The van der Waals surface area contributed by atoms with E-state index in [1.807, 2.05) is 25.1 Å². The summed E-state index contributed by atoms with van der Waals surface area (Å²) in [6.07, 6.45) is 3.55. The Labute approximate surface area is 183 Å². The summed E-state index contributed by atoms with van der Waals surface area (Å²) in [6.45, 7) is 3.07. The number of hydrogen-bond donors (Lipinski definition) is 3. The number of piperidine rings is 1. The van der Waals surface area contributed by atoms with Gasteiger partial charge in [-0.1, -0.05) is 18.2 Å². The number of anilines is 1. The SMILES string of the molecule is Cc1nc2c(c(=O)[nH]1)CCC21CCCN(c2cc(C(=O)O)c3ccccc3n2)C1.O=CO. The first-order valence-electron chi connectivity index (χ1n) is 10.4. The van der Waals surface area contributed by atoms with Crippen LogP contribution >= 0.6 is 0 Å². The fraction of sp³-hybridized carbons (Fsp3) is 0.348. The van der Waals surface area contributed by atoms with E-state index in [1.165, 1.54) is 0 Å². The molecule has 0 saturated carbocycles. The summed E-state index contributed by atoms with van der Waals surface area (Å²) in [4.78, 5) is 47.1. The third-order valence-electron chi connectivity index (χ3n) is 6.32. The lowest BCUT2D eigenvalue weighted by Crippen LogP contribution is -2.46. The average molecular weight is 436 g/mol. The number of aromatic carboxylic acids is 1. The van der Waals surface area contributed by atoms with Crippen LogP contribution < -0.4 is 10.5 Å². The quantitative estimate of drug-likeness (QED) is 0.521. The summed E-state index contributed by atoms with van der Waals surface area (Å²) in [7, 11) is 0. The molecule has 1 aliphatic carbocycles.